The maximum Gasteiger partial charge on any atom is 0.358 e. The second kappa shape index (κ2) is 3.77. The van der Waals surface area contributed by atoms with Crippen molar-refractivity contribution >= 4 is 17.3 Å². The molecule has 0 spiro atoms. The average Bonchev–Trinajstić information content (AvgIpc) is 2.76. The number of carbonyl (C=O) groups is 1. The molecule has 6 nitrogen and oxygen atoms in total. The Balaban J connectivity index is 2.14. The van der Waals surface area contributed by atoms with Gasteiger partial charge in [-0.05, 0) is 6.92 Å². The molecule has 15 heavy (non-hydrogen) atoms. The predicted molar refractivity (Wildman–Crippen MR) is 52.9 cm³/mol. The van der Waals surface area contributed by atoms with Crippen LogP contribution in [0.5, 0.6) is 0 Å². The van der Waals surface area contributed by atoms with E-state index in [-0.39, 0.29) is 5.69 Å². The highest BCUT2D eigenvalue weighted by Gasteiger charge is 2.08. The van der Waals surface area contributed by atoms with Crippen LogP contribution in [-0.4, -0.2) is 31.1 Å². The molecule has 78 valence electrons. The van der Waals surface area contributed by atoms with Crippen LogP contribution in [0.2, 0.25) is 0 Å². The van der Waals surface area contributed by atoms with Crippen molar-refractivity contribution in [3.05, 3.63) is 28.0 Å². The molecule has 0 aliphatic heterocycles. The molecule has 2 rings (SSSR count). The van der Waals surface area contributed by atoms with Gasteiger partial charge < -0.3 is 5.11 Å². The van der Waals surface area contributed by atoms with Gasteiger partial charge in [0, 0.05) is 11.1 Å². The van der Waals surface area contributed by atoms with Crippen LogP contribution >= 0.6 is 11.3 Å². The van der Waals surface area contributed by atoms with Gasteiger partial charge in [-0.1, -0.05) is 5.21 Å². The summed E-state index contributed by atoms with van der Waals surface area (Å²) >= 11 is 1.55. The van der Waals surface area contributed by atoms with Gasteiger partial charge in [0.25, 0.3) is 0 Å². The SMILES string of the molecule is Cc1ncc(Cn2cc(C(=O)O)nn2)s1. The van der Waals surface area contributed by atoms with Crippen LogP contribution in [0.3, 0.4) is 0 Å². The summed E-state index contributed by atoms with van der Waals surface area (Å²) in [6.07, 6.45) is 3.15. The van der Waals surface area contributed by atoms with Crippen molar-refractivity contribution in [3.8, 4) is 0 Å². The van der Waals surface area contributed by atoms with Gasteiger partial charge in [0.15, 0.2) is 5.69 Å². The van der Waals surface area contributed by atoms with E-state index in [1.807, 2.05) is 6.92 Å². The van der Waals surface area contributed by atoms with E-state index in [0.29, 0.717) is 6.54 Å². The zero-order valence-electron chi connectivity index (χ0n) is 7.91. The quantitative estimate of drug-likeness (QED) is 0.833. The summed E-state index contributed by atoms with van der Waals surface area (Å²) in [6, 6.07) is 0. The first-order chi connectivity index (χ1) is 7.15. The predicted octanol–water partition coefficient (Wildman–Crippen LogP) is 0.790. The monoisotopic (exact) mass is 224 g/mol. The molecule has 1 N–H and O–H groups in total. The summed E-state index contributed by atoms with van der Waals surface area (Å²) in [5.41, 5.74) is -0.0452. The third-order valence-electron chi connectivity index (χ3n) is 1.74. The Kier molecular flexibility index (Phi) is 2.46. The van der Waals surface area contributed by atoms with Crippen molar-refractivity contribution in [2.24, 2.45) is 0 Å². The lowest BCUT2D eigenvalue weighted by Crippen LogP contribution is -1.98. The molecule has 0 saturated carbocycles. The molecule has 0 radical (unpaired) electrons. The van der Waals surface area contributed by atoms with Crippen molar-refractivity contribution in [2.45, 2.75) is 13.5 Å². The first-order valence-electron chi connectivity index (χ1n) is 4.20. The minimum absolute atomic E-state index is 0.0452. The molecule has 0 fully saturated rings. The van der Waals surface area contributed by atoms with E-state index >= 15 is 0 Å². The van der Waals surface area contributed by atoms with E-state index < -0.39 is 5.97 Å². The van der Waals surface area contributed by atoms with Gasteiger partial charge in [-0.2, -0.15) is 0 Å². The Labute approximate surface area is 89.2 Å². The summed E-state index contributed by atoms with van der Waals surface area (Å²) in [5, 5.41) is 16.8. The van der Waals surface area contributed by atoms with Gasteiger partial charge in [-0.25, -0.2) is 14.5 Å². The van der Waals surface area contributed by atoms with Gasteiger partial charge >= 0.3 is 5.97 Å². The van der Waals surface area contributed by atoms with Crippen molar-refractivity contribution in [2.75, 3.05) is 0 Å². The van der Waals surface area contributed by atoms with Crippen LogP contribution in [-0.2, 0) is 6.54 Å². The molecule has 0 unspecified atom stereocenters. The van der Waals surface area contributed by atoms with Crippen LogP contribution in [0.25, 0.3) is 0 Å². The van der Waals surface area contributed by atoms with E-state index in [1.165, 1.54) is 10.9 Å². The minimum Gasteiger partial charge on any atom is -0.476 e. The number of aromatic carboxylic acids is 1. The lowest BCUT2D eigenvalue weighted by atomic mass is 10.5. The third-order valence-corrected chi connectivity index (χ3v) is 2.64. The second-order valence-electron chi connectivity index (χ2n) is 2.95. The number of aryl methyl sites for hydroxylation is 1. The number of hydrogen-bond acceptors (Lipinski definition) is 5. The zero-order chi connectivity index (χ0) is 10.8. The normalized spacial score (nSPS) is 10.5. The Morgan fingerprint density at radius 1 is 1.67 bits per heavy atom. The van der Waals surface area contributed by atoms with Gasteiger partial charge in [0.05, 0.1) is 17.7 Å². The number of carboxylic acid groups (broad SMARTS) is 1. The molecular weight excluding hydrogens is 216 g/mol. The van der Waals surface area contributed by atoms with E-state index in [0.717, 1.165) is 9.88 Å². The Morgan fingerprint density at radius 2 is 2.47 bits per heavy atom. The number of thiazole rings is 1. The third kappa shape index (κ3) is 2.18. The summed E-state index contributed by atoms with van der Waals surface area (Å²) in [6.45, 7) is 2.42. The summed E-state index contributed by atoms with van der Waals surface area (Å²) < 4.78 is 1.48. The van der Waals surface area contributed by atoms with Crippen molar-refractivity contribution in [1.82, 2.24) is 20.0 Å². The molecule has 2 aromatic heterocycles. The van der Waals surface area contributed by atoms with Crippen LogP contribution in [0.15, 0.2) is 12.4 Å². The lowest BCUT2D eigenvalue weighted by Gasteiger charge is -1.93. The number of carboxylic acids is 1. The molecule has 0 aromatic carbocycles. The Hall–Kier alpha value is -1.76. The number of nitrogens with zero attached hydrogens (tertiary/aromatic N) is 4. The maximum absolute atomic E-state index is 10.5. The van der Waals surface area contributed by atoms with Gasteiger partial charge in [0.2, 0.25) is 0 Å². The minimum atomic E-state index is -1.07. The molecule has 2 heterocycles. The first-order valence-corrected chi connectivity index (χ1v) is 5.01. The van der Waals surface area contributed by atoms with E-state index in [2.05, 4.69) is 15.3 Å². The highest BCUT2D eigenvalue weighted by Crippen LogP contribution is 2.12. The highest BCUT2D eigenvalue weighted by molar-refractivity contribution is 7.11. The fraction of sp³-hybridized carbons (Fsp3) is 0.250. The van der Waals surface area contributed by atoms with Crippen molar-refractivity contribution in [1.29, 1.82) is 0 Å². The van der Waals surface area contributed by atoms with Crippen LogP contribution in [0, 0.1) is 6.92 Å². The van der Waals surface area contributed by atoms with Gasteiger partial charge in [0.1, 0.15) is 0 Å². The standard InChI is InChI=1S/C8H8N4O2S/c1-5-9-2-6(15-5)3-12-4-7(8(13)14)10-11-12/h2,4H,3H2,1H3,(H,13,14). The Bertz CT molecular complexity index is 490. The average molecular weight is 224 g/mol. The number of aromatic nitrogens is 4. The molecular formula is C8H8N4O2S. The van der Waals surface area contributed by atoms with Crippen LogP contribution < -0.4 is 0 Å². The van der Waals surface area contributed by atoms with Crippen molar-refractivity contribution < 1.29 is 9.90 Å². The van der Waals surface area contributed by atoms with Gasteiger partial charge in [-0.15, -0.1) is 16.4 Å². The van der Waals surface area contributed by atoms with Gasteiger partial charge in [-0.3, -0.25) is 0 Å². The highest BCUT2D eigenvalue weighted by atomic mass is 32.1. The molecule has 0 saturated heterocycles. The number of rotatable bonds is 3. The van der Waals surface area contributed by atoms with E-state index in [9.17, 15) is 4.79 Å². The molecule has 0 aliphatic carbocycles. The van der Waals surface area contributed by atoms with E-state index in [1.54, 1.807) is 17.5 Å². The Morgan fingerprint density at radius 3 is 3.00 bits per heavy atom. The molecule has 0 atom stereocenters. The molecule has 0 aliphatic rings. The van der Waals surface area contributed by atoms with E-state index in [4.69, 9.17) is 5.11 Å². The first kappa shape index (κ1) is 9.78. The lowest BCUT2D eigenvalue weighted by molar-refractivity contribution is 0.0690. The molecule has 0 amide bonds. The maximum atomic E-state index is 10.5. The smallest absolute Gasteiger partial charge is 0.358 e. The second-order valence-corrected chi connectivity index (χ2v) is 4.27. The van der Waals surface area contributed by atoms with Crippen LogP contribution in [0.1, 0.15) is 20.4 Å². The number of hydrogen-bond donors (Lipinski definition) is 1. The molecule has 0 bridgehead atoms. The molecule has 2 aromatic rings. The largest absolute Gasteiger partial charge is 0.476 e. The fourth-order valence-electron chi connectivity index (χ4n) is 1.11. The van der Waals surface area contributed by atoms with Crippen molar-refractivity contribution in [3.63, 3.8) is 0 Å². The van der Waals surface area contributed by atoms with Crippen LogP contribution in [0.4, 0.5) is 0 Å². The summed E-state index contributed by atoms with van der Waals surface area (Å²) in [4.78, 5) is 15.7. The fourth-order valence-corrected chi connectivity index (χ4v) is 1.90. The summed E-state index contributed by atoms with van der Waals surface area (Å²) in [5.74, 6) is -1.07. The molecule has 7 heteroatoms. The topological polar surface area (TPSA) is 80.9 Å². The zero-order valence-corrected chi connectivity index (χ0v) is 8.73. The summed E-state index contributed by atoms with van der Waals surface area (Å²) in [7, 11) is 0.